The van der Waals surface area contributed by atoms with Gasteiger partial charge in [0.15, 0.2) is 0 Å². The van der Waals surface area contributed by atoms with Crippen molar-refractivity contribution in [3.63, 3.8) is 0 Å². The number of aromatic nitrogens is 4. The molecule has 8 aromatic rings. The van der Waals surface area contributed by atoms with Gasteiger partial charge in [-0.25, -0.2) is 9.97 Å². The second kappa shape index (κ2) is 9.47. The average molecular weight is 551 g/mol. The Kier molecular flexibility index (Phi) is 5.29. The lowest BCUT2D eigenvalue weighted by atomic mass is 9.89. The Morgan fingerprint density at radius 1 is 0.651 bits per heavy atom. The lowest BCUT2D eigenvalue weighted by Gasteiger charge is -2.18. The third-order valence-electron chi connectivity index (χ3n) is 8.70. The fraction of sp³-hybridized carbons (Fsp3) is 0.0513. The van der Waals surface area contributed by atoms with Crippen molar-refractivity contribution in [1.82, 2.24) is 19.4 Å². The monoisotopic (exact) mass is 550 g/mol. The lowest BCUT2D eigenvalue weighted by molar-refractivity contribution is 0.988. The summed E-state index contributed by atoms with van der Waals surface area (Å²) >= 11 is 0. The molecule has 4 heterocycles. The number of nitrogens with zero attached hydrogens (tertiary/aromatic N) is 4. The molecule has 4 aromatic heterocycles. The molecule has 0 amide bonds. The molecule has 0 aliphatic heterocycles. The van der Waals surface area contributed by atoms with Crippen LogP contribution in [-0.2, 0) is 6.42 Å². The van der Waals surface area contributed by atoms with E-state index in [1.54, 1.807) is 0 Å². The van der Waals surface area contributed by atoms with Gasteiger partial charge in [-0.15, -0.1) is 0 Å². The number of hydrogen-bond acceptors (Lipinski definition) is 3. The summed E-state index contributed by atoms with van der Waals surface area (Å²) in [5.41, 5.74) is 10.9. The highest BCUT2D eigenvalue weighted by atomic mass is 15.0. The van der Waals surface area contributed by atoms with Gasteiger partial charge in [0.25, 0.3) is 0 Å². The molecule has 0 bridgehead atoms. The Labute approximate surface area is 248 Å². The molecular formula is C39H26N4. The summed E-state index contributed by atoms with van der Waals surface area (Å²) < 4.78 is 2.17. The van der Waals surface area contributed by atoms with Crippen molar-refractivity contribution < 1.29 is 0 Å². The zero-order chi connectivity index (χ0) is 28.3. The predicted octanol–water partition coefficient (Wildman–Crippen LogP) is 9.54. The van der Waals surface area contributed by atoms with Gasteiger partial charge in [-0.1, -0.05) is 91.0 Å². The maximum Gasteiger partial charge on any atom is 0.145 e. The van der Waals surface area contributed by atoms with Gasteiger partial charge in [0.2, 0.25) is 0 Å². The minimum atomic E-state index is 0.865. The minimum absolute atomic E-state index is 0.865. The normalized spacial score (nSPS) is 12.8. The first kappa shape index (κ1) is 24.0. The molecular weight excluding hydrogens is 524 g/mol. The first-order chi connectivity index (χ1) is 21.3. The molecule has 0 N–H and O–H groups in total. The standard InChI is InChI=1S/C39H26N4/c1-3-14-29-25(10-1)18-20-31-35(32-21-19-26-11-2-4-15-30(26)37(32)41-36(29)31)27-12-9-13-28(24-27)39-42-38(33-16-5-7-22-40-33)34-17-6-8-23-43(34)39/h1,3-10,12-24H,2,11H2. The van der Waals surface area contributed by atoms with Crippen LogP contribution in [0.2, 0.25) is 0 Å². The van der Waals surface area contributed by atoms with E-state index >= 15 is 0 Å². The van der Waals surface area contributed by atoms with E-state index in [0.717, 1.165) is 63.1 Å². The van der Waals surface area contributed by atoms with E-state index in [9.17, 15) is 0 Å². The van der Waals surface area contributed by atoms with Gasteiger partial charge >= 0.3 is 0 Å². The molecule has 9 rings (SSSR count). The maximum absolute atomic E-state index is 5.39. The highest BCUT2D eigenvalue weighted by Gasteiger charge is 2.20. The quantitative estimate of drug-likeness (QED) is 0.162. The summed E-state index contributed by atoms with van der Waals surface area (Å²) in [6.45, 7) is 0. The Hall–Kier alpha value is -5.61. The smallest absolute Gasteiger partial charge is 0.145 e. The number of allylic oxidation sites excluding steroid dienone is 1. The van der Waals surface area contributed by atoms with Crippen molar-refractivity contribution >= 4 is 44.2 Å². The molecule has 0 saturated heterocycles. The summed E-state index contributed by atoms with van der Waals surface area (Å²) in [7, 11) is 0. The minimum Gasteiger partial charge on any atom is -0.299 e. The molecule has 4 nitrogen and oxygen atoms in total. The molecule has 0 unspecified atom stereocenters. The Morgan fingerprint density at radius 2 is 1.51 bits per heavy atom. The SMILES string of the molecule is C1=Cc2c(ccc3c(-c4cccc(-c5nc(-c6ccccn6)c6ccccn56)c4)c4ccc5ccccc5c4nc23)CC1. The van der Waals surface area contributed by atoms with Crippen LogP contribution in [0.25, 0.3) is 78.1 Å². The molecule has 0 fully saturated rings. The zero-order valence-electron chi connectivity index (χ0n) is 23.4. The molecule has 202 valence electrons. The van der Waals surface area contributed by atoms with Crippen LogP contribution in [0.3, 0.4) is 0 Å². The van der Waals surface area contributed by atoms with Crippen LogP contribution < -0.4 is 0 Å². The van der Waals surface area contributed by atoms with Crippen molar-refractivity contribution in [3.8, 4) is 33.9 Å². The number of aryl methyl sites for hydroxylation is 1. The largest absolute Gasteiger partial charge is 0.299 e. The van der Waals surface area contributed by atoms with Gasteiger partial charge in [-0.2, -0.15) is 0 Å². The van der Waals surface area contributed by atoms with E-state index in [1.165, 1.54) is 32.8 Å². The van der Waals surface area contributed by atoms with Gasteiger partial charge in [0, 0.05) is 45.2 Å². The fourth-order valence-corrected chi connectivity index (χ4v) is 6.71. The highest BCUT2D eigenvalue weighted by molar-refractivity contribution is 6.18. The van der Waals surface area contributed by atoms with Crippen LogP contribution in [0.4, 0.5) is 0 Å². The van der Waals surface area contributed by atoms with Crippen LogP contribution in [-0.4, -0.2) is 19.4 Å². The molecule has 0 spiro atoms. The average Bonchev–Trinajstić information content (AvgIpc) is 3.47. The third-order valence-corrected chi connectivity index (χ3v) is 8.70. The van der Waals surface area contributed by atoms with E-state index in [-0.39, 0.29) is 0 Å². The highest BCUT2D eigenvalue weighted by Crippen LogP contribution is 2.41. The molecule has 0 atom stereocenters. The number of imidazole rings is 1. The van der Waals surface area contributed by atoms with E-state index in [2.05, 4.69) is 119 Å². The molecule has 4 heteroatoms. The van der Waals surface area contributed by atoms with Gasteiger partial charge < -0.3 is 0 Å². The fourth-order valence-electron chi connectivity index (χ4n) is 6.71. The van der Waals surface area contributed by atoms with Crippen molar-refractivity contribution in [1.29, 1.82) is 0 Å². The van der Waals surface area contributed by atoms with E-state index < -0.39 is 0 Å². The molecule has 1 aliphatic carbocycles. The maximum atomic E-state index is 5.39. The van der Waals surface area contributed by atoms with E-state index in [4.69, 9.17) is 9.97 Å². The van der Waals surface area contributed by atoms with Crippen LogP contribution in [0.5, 0.6) is 0 Å². The summed E-state index contributed by atoms with van der Waals surface area (Å²) in [6, 6.07) is 38.6. The van der Waals surface area contributed by atoms with Gasteiger partial charge in [-0.05, 0) is 59.7 Å². The topological polar surface area (TPSA) is 43.1 Å². The van der Waals surface area contributed by atoms with Crippen LogP contribution in [0.1, 0.15) is 17.5 Å². The summed E-state index contributed by atoms with van der Waals surface area (Å²) in [6.07, 6.45) is 10.6. The second-order valence-electron chi connectivity index (χ2n) is 11.2. The summed E-state index contributed by atoms with van der Waals surface area (Å²) in [4.78, 5) is 15.2. The van der Waals surface area contributed by atoms with Crippen molar-refractivity contribution in [2.45, 2.75) is 12.8 Å². The Bertz CT molecular complexity index is 2400. The van der Waals surface area contributed by atoms with Gasteiger partial charge in [-0.3, -0.25) is 9.38 Å². The van der Waals surface area contributed by atoms with Gasteiger partial charge in [0.05, 0.1) is 22.2 Å². The number of hydrogen-bond donors (Lipinski definition) is 0. The van der Waals surface area contributed by atoms with Crippen LogP contribution in [0, 0.1) is 0 Å². The first-order valence-corrected chi connectivity index (χ1v) is 14.8. The number of benzene rings is 4. The zero-order valence-corrected chi connectivity index (χ0v) is 23.4. The van der Waals surface area contributed by atoms with Crippen LogP contribution in [0.15, 0.2) is 128 Å². The first-order valence-electron chi connectivity index (χ1n) is 14.8. The lowest BCUT2D eigenvalue weighted by Crippen LogP contribution is -1.99. The van der Waals surface area contributed by atoms with Crippen molar-refractivity contribution in [3.05, 3.63) is 139 Å². The predicted molar refractivity (Wildman–Crippen MR) is 177 cm³/mol. The Morgan fingerprint density at radius 3 is 2.47 bits per heavy atom. The van der Waals surface area contributed by atoms with E-state index in [0.29, 0.717) is 0 Å². The van der Waals surface area contributed by atoms with Gasteiger partial charge in [0.1, 0.15) is 11.5 Å². The number of pyridine rings is 3. The third kappa shape index (κ3) is 3.73. The molecule has 0 radical (unpaired) electrons. The summed E-state index contributed by atoms with van der Waals surface area (Å²) in [5.74, 6) is 0.895. The summed E-state index contributed by atoms with van der Waals surface area (Å²) in [5, 5.41) is 4.71. The van der Waals surface area contributed by atoms with Crippen molar-refractivity contribution in [2.24, 2.45) is 0 Å². The molecule has 0 saturated carbocycles. The van der Waals surface area contributed by atoms with Crippen LogP contribution >= 0.6 is 0 Å². The molecule has 43 heavy (non-hydrogen) atoms. The van der Waals surface area contributed by atoms with Crippen molar-refractivity contribution in [2.75, 3.05) is 0 Å². The number of rotatable bonds is 3. The molecule has 1 aliphatic rings. The number of fused-ring (bicyclic) bond motifs is 7. The molecule has 4 aromatic carbocycles. The van der Waals surface area contributed by atoms with E-state index in [1.807, 2.05) is 24.4 Å². The Balaban J connectivity index is 1.34. The second-order valence-corrected chi connectivity index (χ2v) is 11.2.